The van der Waals surface area contributed by atoms with Gasteiger partial charge < -0.3 is 20.3 Å². The molecular formula is C15H25NO3. The molecule has 0 aliphatic carbocycles. The van der Waals surface area contributed by atoms with Crippen molar-refractivity contribution < 1.29 is 14.9 Å². The maximum atomic E-state index is 9.26. The third kappa shape index (κ3) is 6.05. The quantitative estimate of drug-likeness (QED) is 0.632. The van der Waals surface area contributed by atoms with E-state index in [9.17, 15) is 5.11 Å². The van der Waals surface area contributed by atoms with Gasteiger partial charge in [0.1, 0.15) is 5.75 Å². The molecule has 1 atom stereocenters. The van der Waals surface area contributed by atoms with Crippen molar-refractivity contribution in [1.82, 2.24) is 5.32 Å². The van der Waals surface area contributed by atoms with E-state index in [0.717, 1.165) is 17.7 Å². The van der Waals surface area contributed by atoms with Crippen molar-refractivity contribution in [2.24, 2.45) is 0 Å². The SMILES string of the molecule is CC(C)NC(CO)CCOc1ccccc1CCO. The number of benzene rings is 1. The van der Waals surface area contributed by atoms with Crippen LogP contribution in [0, 0.1) is 0 Å². The van der Waals surface area contributed by atoms with Crippen molar-refractivity contribution in [3.63, 3.8) is 0 Å². The molecule has 0 radical (unpaired) electrons. The van der Waals surface area contributed by atoms with Gasteiger partial charge in [0.2, 0.25) is 0 Å². The van der Waals surface area contributed by atoms with Gasteiger partial charge in [0.15, 0.2) is 0 Å². The third-order valence-corrected chi connectivity index (χ3v) is 2.87. The minimum absolute atomic E-state index is 0.0602. The summed E-state index contributed by atoms with van der Waals surface area (Å²) in [4.78, 5) is 0. The van der Waals surface area contributed by atoms with Crippen molar-refractivity contribution in [3.05, 3.63) is 29.8 Å². The van der Waals surface area contributed by atoms with Crippen molar-refractivity contribution >= 4 is 0 Å². The summed E-state index contributed by atoms with van der Waals surface area (Å²) in [5, 5.41) is 21.5. The largest absolute Gasteiger partial charge is 0.493 e. The molecule has 0 saturated heterocycles. The van der Waals surface area contributed by atoms with Crippen LogP contribution in [-0.2, 0) is 6.42 Å². The topological polar surface area (TPSA) is 61.7 Å². The average Bonchev–Trinajstić information content (AvgIpc) is 2.39. The summed E-state index contributed by atoms with van der Waals surface area (Å²) in [7, 11) is 0. The maximum Gasteiger partial charge on any atom is 0.122 e. The van der Waals surface area contributed by atoms with Crippen molar-refractivity contribution in [2.45, 2.75) is 38.8 Å². The molecule has 4 nitrogen and oxygen atoms in total. The molecule has 0 aromatic heterocycles. The van der Waals surface area contributed by atoms with E-state index < -0.39 is 0 Å². The number of para-hydroxylation sites is 1. The number of aliphatic hydroxyl groups excluding tert-OH is 2. The molecule has 4 heteroatoms. The van der Waals surface area contributed by atoms with E-state index in [-0.39, 0.29) is 19.3 Å². The van der Waals surface area contributed by atoms with Crippen LogP contribution in [0.3, 0.4) is 0 Å². The van der Waals surface area contributed by atoms with Gasteiger partial charge in [0.05, 0.1) is 13.2 Å². The molecule has 1 aromatic rings. The van der Waals surface area contributed by atoms with Crippen molar-refractivity contribution in [1.29, 1.82) is 0 Å². The Morgan fingerprint density at radius 3 is 2.58 bits per heavy atom. The van der Waals surface area contributed by atoms with Crippen LogP contribution in [0.2, 0.25) is 0 Å². The summed E-state index contributed by atoms with van der Waals surface area (Å²) >= 11 is 0. The smallest absolute Gasteiger partial charge is 0.122 e. The molecule has 0 spiro atoms. The Kier molecular flexibility index (Phi) is 7.48. The van der Waals surface area contributed by atoms with Gasteiger partial charge in [0, 0.05) is 18.7 Å². The fourth-order valence-electron chi connectivity index (χ4n) is 1.98. The van der Waals surface area contributed by atoms with E-state index in [4.69, 9.17) is 9.84 Å². The second kappa shape index (κ2) is 8.91. The molecule has 0 aliphatic heterocycles. The Balaban J connectivity index is 2.43. The summed E-state index contributed by atoms with van der Waals surface area (Å²) in [5.74, 6) is 0.817. The maximum absolute atomic E-state index is 9.26. The van der Waals surface area contributed by atoms with Crippen LogP contribution in [0.4, 0.5) is 0 Å². The predicted molar refractivity (Wildman–Crippen MR) is 76.5 cm³/mol. The minimum atomic E-state index is 0.0602. The van der Waals surface area contributed by atoms with Gasteiger partial charge in [-0.3, -0.25) is 0 Å². The Morgan fingerprint density at radius 1 is 1.21 bits per heavy atom. The molecule has 0 saturated carbocycles. The van der Waals surface area contributed by atoms with Crippen molar-refractivity contribution in [3.8, 4) is 5.75 Å². The van der Waals surface area contributed by atoms with E-state index in [0.29, 0.717) is 19.1 Å². The van der Waals surface area contributed by atoms with E-state index in [2.05, 4.69) is 19.2 Å². The molecule has 0 amide bonds. The summed E-state index contributed by atoms with van der Waals surface area (Å²) in [6.07, 6.45) is 1.35. The monoisotopic (exact) mass is 267 g/mol. The fourth-order valence-corrected chi connectivity index (χ4v) is 1.98. The summed E-state index contributed by atoms with van der Waals surface area (Å²) in [5.41, 5.74) is 1.02. The van der Waals surface area contributed by atoms with Gasteiger partial charge >= 0.3 is 0 Å². The lowest BCUT2D eigenvalue weighted by Gasteiger charge is -2.19. The number of hydrogen-bond acceptors (Lipinski definition) is 4. The first kappa shape index (κ1) is 16.0. The summed E-state index contributed by atoms with van der Waals surface area (Å²) < 4.78 is 5.74. The first-order valence-corrected chi connectivity index (χ1v) is 6.85. The Morgan fingerprint density at radius 2 is 1.95 bits per heavy atom. The van der Waals surface area contributed by atoms with Gasteiger partial charge in [-0.2, -0.15) is 0 Å². The number of aliphatic hydroxyl groups is 2. The Bertz CT molecular complexity index is 355. The third-order valence-electron chi connectivity index (χ3n) is 2.87. The first-order valence-electron chi connectivity index (χ1n) is 6.85. The molecule has 1 aromatic carbocycles. The molecule has 3 N–H and O–H groups in total. The lowest BCUT2D eigenvalue weighted by atomic mass is 10.1. The summed E-state index contributed by atoms with van der Waals surface area (Å²) in [6.45, 7) is 4.89. The normalized spacial score (nSPS) is 12.7. The second-order valence-corrected chi connectivity index (χ2v) is 4.92. The zero-order valence-electron chi connectivity index (χ0n) is 11.8. The zero-order chi connectivity index (χ0) is 14.1. The molecule has 108 valence electrons. The number of rotatable bonds is 9. The van der Waals surface area contributed by atoms with Crippen LogP contribution in [0.5, 0.6) is 5.75 Å². The van der Waals surface area contributed by atoms with E-state index in [1.165, 1.54) is 0 Å². The summed E-state index contributed by atoms with van der Waals surface area (Å²) in [6, 6.07) is 8.14. The van der Waals surface area contributed by atoms with Gasteiger partial charge in [-0.15, -0.1) is 0 Å². The second-order valence-electron chi connectivity index (χ2n) is 4.92. The number of nitrogens with one attached hydrogen (secondary N) is 1. The van der Waals surface area contributed by atoms with Crippen LogP contribution < -0.4 is 10.1 Å². The van der Waals surface area contributed by atoms with Gasteiger partial charge in [-0.05, 0) is 24.5 Å². The van der Waals surface area contributed by atoms with Gasteiger partial charge in [0.25, 0.3) is 0 Å². The average molecular weight is 267 g/mol. The predicted octanol–water partition coefficient (Wildman–Crippen LogP) is 1.35. The van der Waals surface area contributed by atoms with Crippen LogP contribution in [-0.4, -0.2) is 42.1 Å². The highest BCUT2D eigenvalue weighted by Crippen LogP contribution is 2.18. The standard InChI is InChI=1S/C15H25NO3/c1-12(2)16-14(11-18)8-10-19-15-6-4-3-5-13(15)7-9-17/h3-6,12,14,16-18H,7-11H2,1-2H3. The molecule has 0 bridgehead atoms. The van der Waals surface area contributed by atoms with E-state index >= 15 is 0 Å². The molecule has 0 fully saturated rings. The van der Waals surface area contributed by atoms with Crippen molar-refractivity contribution in [2.75, 3.05) is 19.8 Å². The highest BCUT2D eigenvalue weighted by atomic mass is 16.5. The van der Waals surface area contributed by atoms with Gasteiger partial charge in [-0.1, -0.05) is 32.0 Å². The highest BCUT2D eigenvalue weighted by Gasteiger charge is 2.09. The number of ether oxygens (including phenoxy) is 1. The molecule has 1 rings (SSSR count). The van der Waals surface area contributed by atoms with Crippen LogP contribution in [0.1, 0.15) is 25.8 Å². The molecule has 0 aliphatic rings. The van der Waals surface area contributed by atoms with Crippen LogP contribution in [0.25, 0.3) is 0 Å². The molecule has 1 unspecified atom stereocenters. The van der Waals surface area contributed by atoms with E-state index in [1.807, 2.05) is 24.3 Å². The van der Waals surface area contributed by atoms with Crippen LogP contribution in [0.15, 0.2) is 24.3 Å². The molecular weight excluding hydrogens is 242 g/mol. The highest BCUT2D eigenvalue weighted by molar-refractivity contribution is 5.33. The Hall–Kier alpha value is -1.10. The van der Waals surface area contributed by atoms with Crippen LogP contribution >= 0.6 is 0 Å². The Labute approximate surface area is 115 Å². The van der Waals surface area contributed by atoms with E-state index in [1.54, 1.807) is 0 Å². The van der Waals surface area contributed by atoms with Gasteiger partial charge in [-0.25, -0.2) is 0 Å². The molecule has 0 heterocycles. The molecule has 19 heavy (non-hydrogen) atoms. The lowest BCUT2D eigenvalue weighted by molar-refractivity contribution is 0.201. The zero-order valence-corrected chi connectivity index (χ0v) is 11.8. The number of hydrogen-bond donors (Lipinski definition) is 3. The lowest BCUT2D eigenvalue weighted by Crippen LogP contribution is -2.38. The minimum Gasteiger partial charge on any atom is -0.493 e. The fraction of sp³-hybridized carbons (Fsp3) is 0.600. The first-order chi connectivity index (χ1) is 9.17.